The summed E-state index contributed by atoms with van der Waals surface area (Å²) in [7, 11) is 0. The predicted octanol–water partition coefficient (Wildman–Crippen LogP) is 3.55. The smallest absolute Gasteiger partial charge is 0.272 e. The Bertz CT molecular complexity index is 1050. The van der Waals surface area contributed by atoms with E-state index in [0.29, 0.717) is 30.3 Å². The minimum atomic E-state index is -0.761. The third kappa shape index (κ3) is 3.78. The van der Waals surface area contributed by atoms with Gasteiger partial charge >= 0.3 is 0 Å². The molecule has 1 amide bonds. The van der Waals surface area contributed by atoms with E-state index >= 15 is 0 Å². The van der Waals surface area contributed by atoms with Crippen LogP contribution >= 0.6 is 0 Å². The molecule has 3 aromatic rings. The molecule has 0 bridgehead atoms. The molecule has 2 aromatic carbocycles. The van der Waals surface area contributed by atoms with Gasteiger partial charge in [0.2, 0.25) is 0 Å². The highest BCUT2D eigenvalue weighted by molar-refractivity contribution is 5.93. The van der Waals surface area contributed by atoms with Crippen LogP contribution in [-0.2, 0) is 6.54 Å². The summed E-state index contributed by atoms with van der Waals surface area (Å²) in [4.78, 5) is 12.6. The largest absolute Gasteiger partial charge is 0.490 e. The molecule has 6 nitrogen and oxygen atoms in total. The summed E-state index contributed by atoms with van der Waals surface area (Å²) < 4.78 is 40.5. The first-order valence-corrected chi connectivity index (χ1v) is 9.21. The standard InChI is InChI=1S/C21H19F2N3O3/c1-13-12-26(19-15(22)6-3-7-16(19)23)25-18(13)21(27)24-11-14-5-2-8-17-20(14)29-10-4-9-28-17/h2-3,5-8,12H,4,9-11H2,1H3,(H,24,27). The number of hydrogen-bond donors (Lipinski definition) is 1. The number of carbonyl (C=O) groups excluding carboxylic acids is 1. The van der Waals surface area contributed by atoms with E-state index < -0.39 is 17.5 Å². The quantitative estimate of drug-likeness (QED) is 0.729. The minimum absolute atomic E-state index is 0.0897. The molecular formula is C21H19F2N3O3. The highest BCUT2D eigenvalue weighted by atomic mass is 19.1. The van der Waals surface area contributed by atoms with Gasteiger partial charge in [-0.3, -0.25) is 4.79 Å². The topological polar surface area (TPSA) is 65.4 Å². The third-order valence-electron chi connectivity index (χ3n) is 4.57. The van der Waals surface area contributed by atoms with Gasteiger partial charge in [-0.05, 0) is 25.1 Å². The molecule has 150 valence electrons. The average Bonchev–Trinajstić information content (AvgIpc) is 2.92. The van der Waals surface area contributed by atoms with Gasteiger partial charge in [-0.25, -0.2) is 13.5 Å². The molecule has 8 heteroatoms. The molecule has 1 aliphatic rings. The number of nitrogens with one attached hydrogen (secondary N) is 1. The van der Waals surface area contributed by atoms with Crippen molar-refractivity contribution in [2.45, 2.75) is 19.9 Å². The number of fused-ring (bicyclic) bond motifs is 1. The van der Waals surface area contributed by atoms with Crippen molar-refractivity contribution in [3.63, 3.8) is 0 Å². The molecular weight excluding hydrogens is 380 g/mol. The van der Waals surface area contributed by atoms with Crippen molar-refractivity contribution < 1.29 is 23.0 Å². The monoisotopic (exact) mass is 399 g/mol. The minimum Gasteiger partial charge on any atom is -0.490 e. The van der Waals surface area contributed by atoms with Crippen LogP contribution in [0.2, 0.25) is 0 Å². The van der Waals surface area contributed by atoms with Gasteiger partial charge in [-0.15, -0.1) is 0 Å². The van der Waals surface area contributed by atoms with Crippen LogP contribution in [0.15, 0.2) is 42.6 Å². The van der Waals surface area contributed by atoms with Gasteiger partial charge in [0.05, 0.1) is 13.2 Å². The van der Waals surface area contributed by atoms with Crippen molar-refractivity contribution in [2.75, 3.05) is 13.2 Å². The summed E-state index contributed by atoms with van der Waals surface area (Å²) in [6, 6.07) is 9.04. The lowest BCUT2D eigenvalue weighted by molar-refractivity contribution is 0.0944. The third-order valence-corrected chi connectivity index (χ3v) is 4.57. The Balaban J connectivity index is 1.54. The maximum Gasteiger partial charge on any atom is 0.272 e. The first-order valence-electron chi connectivity index (χ1n) is 9.21. The highest BCUT2D eigenvalue weighted by Crippen LogP contribution is 2.33. The number of ether oxygens (including phenoxy) is 2. The number of rotatable bonds is 4. The van der Waals surface area contributed by atoms with E-state index in [9.17, 15) is 13.6 Å². The van der Waals surface area contributed by atoms with Crippen LogP contribution in [0.1, 0.15) is 28.0 Å². The number of benzene rings is 2. The zero-order valence-corrected chi connectivity index (χ0v) is 15.7. The number of carbonyl (C=O) groups is 1. The Morgan fingerprint density at radius 3 is 2.66 bits per heavy atom. The lowest BCUT2D eigenvalue weighted by atomic mass is 10.1. The highest BCUT2D eigenvalue weighted by Gasteiger charge is 2.20. The van der Waals surface area contributed by atoms with E-state index in [1.165, 1.54) is 12.3 Å². The summed E-state index contributed by atoms with van der Waals surface area (Å²) in [6.07, 6.45) is 2.20. The van der Waals surface area contributed by atoms with Crippen molar-refractivity contribution in [3.05, 3.63) is 71.1 Å². The second kappa shape index (κ2) is 7.90. The fourth-order valence-electron chi connectivity index (χ4n) is 3.16. The molecule has 2 heterocycles. The Labute approximate surface area is 166 Å². The zero-order chi connectivity index (χ0) is 20.4. The lowest BCUT2D eigenvalue weighted by Gasteiger charge is -2.12. The predicted molar refractivity (Wildman–Crippen MR) is 101 cm³/mol. The second-order valence-electron chi connectivity index (χ2n) is 6.65. The van der Waals surface area contributed by atoms with E-state index in [2.05, 4.69) is 10.4 Å². The van der Waals surface area contributed by atoms with Gasteiger partial charge in [0.25, 0.3) is 5.91 Å². The van der Waals surface area contributed by atoms with Crippen molar-refractivity contribution in [1.29, 1.82) is 0 Å². The Kier molecular flexibility index (Phi) is 5.16. The van der Waals surface area contributed by atoms with Gasteiger partial charge in [-0.1, -0.05) is 18.2 Å². The molecule has 0 fully saturated rings. The van der Waals surface area contributed by atoms with E-state index in [1.807, 2.05) is 18.2 Å². The van der Waals surface area contributed by atoms with Gasteiger partial charge in [0.1, 0.15) is 5.69 Å². The molecule has 29 heavy (non-hydrogen) atoms. The van der Waals surface area contributed by atoms with E-state index in [0.717, 1.165) is 28.8 Å². The number of aryl methyl sites for hydroxylation is 1. The molecule has 0 unspecified atom stereocenters. The Morgan fingerprint density at radius 2 is 1.86 bits per heavy atom. The van der Waals surface area contributed by atoms with Crippen LogP contribution in [0.5, 0.6) is 11.5 Å². The average molecular weight is 399 g/mol. The normalized spacial score (nSPS) is 13.1. The number of hydrogen-bond acceptors (Lipinski definition) is 4. The lowest BCUT2D eigenvalue weighted by Crippen LogP contribution is -2.24. The molecule has 0 saturated heterocycles. The zero-order valence-electron chi connectivity index (χ0n) is 15.7. The maximum absolute atomic E-state index is 14.0. The molecule has 1 aliphatic heterocycles. The summed E-state index contributed by atoms with van der Waals surface area (Å²) in [6.45, 7) is 2.97. The summed E-state index contributed by atoms with van der Waals surface area (Å²) in [5, 5.41) is 6.87. The molecule has 0 atom stereocenters. The van der Waals surface area contributed by atoms with Gasteiger partial charge in [0, 0.05) is 30.3 Å². The molecule has 1 aromatic heterocycles. The van der Waals surface area contributed by atoms with Crippen molar-refractivity contribution in [3.8, 4) is 17.2 Å². The van der Waals surface area contributed by atoms with Crippen molar-refractivity contribution in [1.82, 2.24) is 15.1 Å². The van der Waals surface area contributed by atoms with Gasteiger partial charge in [-0.2, -0.15) is 5.10 Å². The van der Waals surface area contributed by atoms with Crippen LogP contribution < -0.4 is 14.8 Å². The number of aromatic nitrogens is 2. The summed E-state index contributed by atoms with van der Waals surface area (Å²) in [5.74, 6) is -0.719. The molecule has 0 aliphatic carbocycles. The Morgan fingerprint density at radius 1 is 1.14 bits per heavy atom. The van der Waals surface area contributed by atoms with Crippen LogP contribution in [0.25, 0.3) is 5.69 Å². The fraction of sp³-hybridized carbons (Fsp3) is 0.238. The van der Waals surface area contributed by atoms with E-state index in [4.69, 9.17) is 9.47 Å². The number of amides is 1. The first-order chi connectivity index (χ1) is 14.0. The van der Waals surface area contributed by atoms with Gasteiger partial charge < -0.3 is 14.8 Å². The SMILES string of the molecule is Cc1cn(-c2c(F)cccc2F)nc1C(=O)NCc1cccc2c1OCCCO2. The Hall–Kier alpha value is -3.42. The second-order valence-corrected chi connectivity index (χ2v) is 6.65. The van der Waals surface area contributed by atoms with Crippen LogP contribution in [0.4, 0.5) is 8.78 Å². The van der Waals surface area contributed by atoms with Crippen molar-refractivity contribution in [2.24, 2.45) is 0 Å². The number of nitrogens with zero attached hydrogens (tertiary/aromatic N) is 2. The molecule has 0 radical (unpaired) electrons. The van der Waals surface area contributed by atoms with E-state index in [-0.39, 0.29) is 17.9 Å². The fourth-order valence-corrected chi connectivity index (χ4v) is 3.16. The van der Waals surface area contributed by atoms with Gasteiger partial charge in [0.15, 0.2) is 28.8 Å². The molecule has 0 spiro atoms. The number of halogens is 2. The van der Waals surface area contributed by atoms with Crippen LogP contribution in [0.3, 0.4) is 0 Å². The molecule has 1 N–H and O–H groups in total. The van der Waals surface area contributed by atoms with Crippen LogP contribution in [0, 0.1) is 18.6 Å². The summed E-state index contributed by atoms with van der Waals surface area (Å²) >= 11 is 0. The maximum atomic E-state index is 14.0. The van der Waals surface area contributed by atoms with Crippen LogP contribution in [-0.4, -0.2) is 28.9 Å². The number of para-hydroxylation sites is 2. The molecule has 4 rings (SSSR count). The molecule has 0 saturated carbocycles. The first kappa shape index (κ1) is 18.9. The van der Waals surface area contributed by atoms with Crippen molar-refractivity contribution >= 4 is 5.91 Å². The van der Waals surface area contributed by atoms with E-state index in [1.54, 1.807) is 6.92 Å². The summed E-state index contributed by atoms with van der Waals surface area (Å²) in [5.41, 5.74) is 1.03.